The number of carbonyl (C=O) groups is 1. The molecule has 1 fully saturated rings. The zero-order valence-corrected chi connectivity index (χ0v) is 17.7. The average molecular weight is 416 g/mol. The standard InChI is InChI=1S/C22H26ClN3OS/c1-16(25-10-2-3-11-25)8-9-24-22(27)15-26-19-7-6-18(23)13-17(19)14-20(26)21-5-4-12-28-21/h4-7,12-14,16H,2-3,8-11,15H2,1H3,(H,24,27)/t16-/m0/s1. The van der Waals surface area contributed by atoms with Crippen LogP contribution in [0.25, 0.3) is 21.5 Å². The molecule has 6 heteroatoms. The first-order chi connectivity index (χ1) is 13.6. The van der Waals surface area contributed by atoms with Gasteiger partial charge in [-0.05, 0) is 75.0 Å². The van der Waals surface area contributed by atoms with Crippen LogP contribution in [0.5, 0.6) is 0 Å². The Balaban J connectivity index is 1.46. The molecular weight excluding hydrogens is 390 g/mol. The fraction of sp³-hybridized carbons (Fsp3) is 0.409. The van der Waals surface area contributed by atoms with Crippen molar-refractivity contribution in [3.05, 3.63) is 46.8 Å². The Kier molecular flexibility index (Phi) is 6.04. The number of aromatic nitrogens is 1. The Morgan fingerprint density at radius 1 is 1.25 bits per heavy atom. The average Bonchev–Trinajstić information content (AvgIpc) is 3.43. The van der Waals surface area contributed by atoms with E-state index < -0.39 is 0 Å². The molecule has 1 amide bonds. The van der Waals surface area contributed by atoms with Gasteiger partial charge in [-0.15, -0.1) is 11.3 Å². The van der Waals surface area contributed by atoms with Crippen LogP contribution >= 0.6 is 22.9 Å². The number of rotatable bonds is 7. The summed E-state index contributed by atoms with van der Waals surface area (Å²) in [6, 6.07) is 12.6. The summed E-state index contributed by atoms with van der Waals surface area (Å²) in [5.41, 5.74) is 2.10. The molecule has 3 aromatic rings. The number of hydrogen-bond donors (Lipinski definition) is 1. The maximum absolute atomic E-state index is 12.7. The maximum atomic E-state index is 12.7. The number of carbonyl (C=O) groups excluding carboxylic acids is 1. The number of halogens is 1. The molecule has 0 spiro atoms. The molecule has 148 valence electrons. The smallest absolute Gasteiger partial charge is 0.239 e. The largest absolute Gasteiger partial charge is 0.354 e. The fourth-order valence-corrected chi connectivity index (χ4v) is 4.96. The van der Waals surface area contributed by atoms with E-state index in [0.717, 1.165) is 34.4 Å². The van der Waals surface area contributed by atoms with Gasteiger partial charge in [-0.2, -0.15) is 0 Å². The highest BCUT2D eigenvalue weighted by Crippen LogP contribution is 2.32. The topological polar surface area (TPSA) is 37.3 Å². The normalized spacial score (nSPS) is 15.9. The number of likely N-dealkylation sites (tertiary alicyclic amines) is 1. The fourth-order valence-electron chi connectivity index (χ4n) is 4.03. The second-order valence-electron chi connectivity index (χ2n) is 7.53. The highest BCUT2D eigenvalue weighted by atomic mass is 35.5. The van der Waals surface area contributed by atoms with E-state index >= 15 is 0 Å². The molecule has 4 rings (SSSR count). The van der Waals surface area contributed by atoms with Crippen molar-refractivity contribution in [1.29, 1.82) is 0 Å². The molecule has 28 heavy (non-hydrogen) atoms. The van der Waals surface area contributed by atoms with E-state index in [-0.39, 0.29) is 5.91 Å². The van der Waals surface area contributed by atoms with Crippen molar-refractivity contribution in [2.75, 3.05) is 19.6 Å². The zero-order chi connectivity index (χ0) is 19.5. The van der Waals surface area contributed by atoms with Gasteiger partial charge >= 0.3 is 0 Å². The molecule has 1 aliphatic rings. The highest BCUT2D eigenvalue weighted by molar-refractivity contribution is 7.13. The third-order valence-electron chi connectivity index (χ3n) is 5.59. The first-order valence-electron chi connectivity index (χ1n) is 9.95. The van der Waals surface area contributed by atoms with Gasteiger partial charge < -0.3 is 14.8 Å². The predicted molar refractivity (Wildman–Crippen MR) is 118 cm³/mol. The molecule has 2 aromatic heterocycles. The van der Waals surface area contributed by atoms with Crippen molar-refractivity contribution in [2.24, 2.45) is 0 Å². The van der Waals surface area contributed by atoms with Gasteiger partial charge in [0.1, 0.15) is 6.54 Å². The first kappa shape index (κ1) is 19.5. The van der Waals surface area contributed by atoms with Crippen LogP contribution in [0.15, 0.2) is 41.8 Å². The van der Waals surface area contributed by atoms with Crippen LogP contribution in [0.3, 0.4) is 0 Å². The molecule has 0 aliphatic carbocycles. The van der Waals surface area contributed by atoms with Gasteiger partial charge in [-0.1, -0.05) is 17.7 Å². The molecule has 0 unspecified atom stereocenters. The van der Waals surface area contributed by atoms with Gasteiger partial charge in [-0.25, -0.2) is 0 Å². The van der Waals surface area contributed by atoms with Crippen molar-refractivity contribution in [3.63, 3.8) is 0 Å². The third kappa shape index (κ3) is 4.27. The monoisotopic (exact) mass is 415 g/mol. The van der Waals surface area contributed by atoms with Crippen molar-refractivity contribution in [3.8, 4) is 10.6 Å². The summed E-state index contributed by atoms with van der Waals surface area (Å²) in [5, 5.41) is 6.95. The number of thiophene rings is 1. The van der Waals surface area contributed by atoms with Gasteiger partial charge in [0.05, 0.1) is 10.6 Å². The van der Waals surface area contributed by atoms with Crippen LogP contribution in [0.2, 0.25) is 5.02 Å². The predicted octanol–water partition coefficient (Wildman–Crippen LogP) is 5.01. The Morgan fingerprint density at radius 2 is 2.07 bits per heavy atom. The van der Waals surface area contributed by atoms with Crippen LogP contribution in [0, 0.1) is 0 Å². The van der Waals surface area contributed by atoms with E-state index in [1.54, 1.807) is 11.3 Å². The van der Waals surface area contributed by atoms with Gasteiger partial charge in [0.15, 0.2) is 0 Å². The summed E-state index contributed by atoms with van der Waals surface area (Å²) < 4.78 is 2.09. The van der Waals surface area contributed by atoms with E-state index in [4.69, 9.17) is 11.6 Å². The molecule has 1 aliphatic heterocycles. The lowest BCUT2D eigenvalue weighted by atomic mass is 10.2. The minimum Gasteiger partial charge on any atom is -0.354 e. The first-order valence-corrected chi connectivity index (χ1v) is 11.2. The minimum atomic E-state index is 0.0545. The lowest BCUT2D eigenvalue weighted by molar-refractivity contribution is -0.121. The molecule has 0 radical (unpaired) electrons. The van der Waals surface area contributed by atoms with Crippen LogP contribution in [0.4, 0.5) is 0 Å². The summed E-state index contributed by atoms with van der Waals surface area (Å²) in [5.74, 6) is 0.0545. The van der Waals surface area contributed by atoms with E-state index in [2.05, 4.69) is 39.2 Å². The molecule has 1 atom stereocenters. The summed E-state index contributed by atoms with van der Waals surface area (Å²) in [4.78, 5) is 16.4. The summed E-state index contributed by atoms with van der Waals surface area (Å²) in [7, 11) is 0. The molecule has 1 N–H and O–H groups in total. The second-order valence-corrected chi connectivity index (χ2v) is 8.91. The van der Waals surface area contributed by atoms with Gasteiger partial charge in [-0.3, -0.25) is 4.79 Å². The molecule has 0 saturated carbocycles. The van der Waals surface area contributed by atoms with Gasteiger partial charge in [0, 0.05) is 28.5 Å². The highest BCUT2D eigenvalue weighted by Gasteiger charge is 2.18. The van der Waals surface area contributed by atoms with Crippen LogP contribution in [0.1, 0.15) is 26.2 Å². The van der Waals surface area contributed by atoms with E-state index in [1.165, 1.54) is 25.9 Å². The molecule has 1 saturated heterocycles. The second kappa shape index (κ2) is 8.68. The molecule has 4 nitrogen and oxygen atoms in total. The van der Waals surface area contributed by atoms with Crippen LogP contribution < -0.4 is 5.32 Å². The Bertz CT molecular complexity index is 944. The summed E-state index contributed by atoms with van der Waals surface area (Å²) >= 11 is 7.85. The molecule has 0 bridgehead atoms. The molecule has 3 heterocycles. The van der Waals surface area contributed by atoms with Crippen LogP contribution in [-0.2, 0) is 11.3 Å². The number of amides is 1. The van der Waals surface area contributed by atoms with Crippen molar-refractivity contribution < 1.29 is 4.79 Å². The van der Waals surface area contributed by atoms with Crippen LogP contribution in [-0.4, -0.2) is 41.1 Å². The van der Waals surface area contributed by atoms with Gasteiger partial charge in [0.2, 0.25) is 5.91 Å². The van der Waals surface area contributed by atoms with E-state index in [9.17, 15) is 4.79 Å². The van der Waals surface area contributed by atoms with Crippen molar-refractivity contribution in [1.82, 2.24) is 14.8 Å². The maximum Gasteiger partial charge on any atom is 0.239 e. The summed E-state index contributed by atoms with van der Waals surface area (Å²) in [6.45, 7) is 5.68. The Labute approximate surface area is 175 Å². The van der Waals surface area contributed by atoms with Crippen molar-refractivity contribution in [2.45, 2.75) is 38.8 Å². The number of nitrogens with one attached hydrogen (secondary N) is 1. The quantitative estimate of drug-likeness (QED) is 0.588. The lowest BCUT2D eigenvalue weighted by Crippen LogP contribution is -2.35. The summed E-state index contributed by atoms with van der Waals surface area (Å²) in [6.07, 6.45) is 3.59. The van der Waals surface area contributed by atoms with E-state index in [0.29, 0.717) is 17.6 Å². The zero-order valence-electron chi connectivity index (χ0n) is 16.2. The Morgan fingerprint density at radius 3 is 2.82 bits per heavy atom. The molecule has 1 aromatic carbocycles. The van der Waals surface area contributed by atoms with Gasteiger partial charge in [0.25, 0.3) is 0 Å². The van der Waals surface area contributed by atoms with Crippen molar-refractivity contribution >= 4 is 39.7 Å². The molecular formula is C22H26ClN3OS. The Hall–Kier alpha value is -1.82. The number of benzene rings is 1. The third-order valence-corrected chi connectivity index (χ3v) is 6.71. The lowest BCUT2D eigenvalue weighted by Gasteiger charge is -2.23. The SMILES string of the molecule is C[C@@H](CCNC(=O)Cn1c(-c2cccs2)cc2cc(Cl)ccc21)N1CCCC1. The number of fused-ring (bicyclic) bond motifs is 1. The minimum absolute atomic E-state index is 0.0545. The number of hydrogen-bond acceptors (Lipinski definition) is 3. The number of nitrogens with zero attached hydrogens (tertiary/aromatic N) is 2. The van der Waals surface area contributed by atoms with E-state index in [1.807, 2.05) is 24.3 Å².